The number of hydrogen-bond donors (Lipinski definition) is 1. The third kappa shape index (κ3) is 1.60. The van der Waals surface area contributed by atoms with Gasteiger partial charge in [0.15, 0.2) is 0 Å². The van der Waals surface area contributed by atoms with Gasteiger partial charge >= 0.3 is 0 Å². The molecule has 0 fully saturated rings. The molecule has 0 spiro atoms. The van der Waals surface area contributed by atoms with Crippen molar-refractivity contribution in [2.24, 2.45) is 7.05 Å². The standard InChI is InChI=1S/C8H14N2O/c1-4-8(11)7-5-6(2)10(3)9-7/h5,8,11H,4H2,1-3H3. The fourth-order valence-corrected chi connectivity index (χ4v) is 0.960. The molecule has 3 heteroatoms. The van der Waals surface area contributed by atoms with Crippen LogP contribution in [0.5, 0.6) is 0 Å². The molecular weight excluding hydrogens is 140 g/mol. The Balaban J connectivity index is 2.88. The normalized spacial score (nSPS) is 13.5. The van der Waals surface area contributed by atoms with Gasteiger partial charge in [-0.05, 0) is 19.4 Å². The molecule has 0 amide bonds. The lowest BCUT2D eigenvalue weighted by atomic mass is 10.2. The van der Waals surface area contributed by atoms with Crippen LogP contribution in [0.4, 0.5) is 0 Å². The Hall–Kier alpha value is -0.830. The highest BCUT2D eigenvalue weighted by Crippen LogP contribution is 2.14. The van der Waals surface area contributed by atoms with Crippen LogP contribution in [0.1, 0.15) is 30.8 Å². The molecule has 3 nitrogen and oxygen atoms in total. The molecule has 0 aliphatic heterocycles. The highest BCUT2D eigenvalue weighted by molar-refractivity contribution is 5.10. The molecule has 0 saturated heterocycles. The van der Waals surface area contributed by atoms with Gasteiger partial charge in [-0.2, -0.15) is 5.10 Å². The van der Waals surface area contributed by atoms with Gasteiger partial charge in [0, 0.05) is 12.7 Å². The molecule has 1 rings (SSSR count). The zero-order valence-electron chi connectivity index (χ0n) is 7.20. The molecule has 1 N–H and O–H groups in total. The van der Waals surface area contributed by atoms with Crippen LogP contribution < -0.4 is 0 Å². The third-order valence-corrected chi connectivity index (χ3v) is 1.86. The molecule has 1 aromatic rings. The van der Waals surface area contributed by atoms with Crippen molar-refractivity contribution < 1.29 is 5.11 Å². The van der Waals surface area contributed by atoms with E-state index in [-0.39, 0.29) is 0 Å². The Morgan fingerprint density at radius 2 is 2.36 bits per heavy atom. The second kappa shape index (κ2) is 3.05. The predicted molar refractivity (Wildman–Crippen MR) is 43.2 cm³/mol. The van der Waals surface area contributed by atoms with Crippen LogP contribution in [0.25, 0.3) is 0 Å². The van der Waals surface area contributed by atoms with Crippen molar-refractivity contribution in [2.75, 3.05) is 0 Å². The minimum absolute atomic E-state index is 0.408. The summed E-state index contributed by atoms with van der Waals surface area (Å²) in [7, 11) is 1.88. The van der Waals surface area contributed by atoms with Gasteiger partial charge in [-0.25, -0.2) is 0 Å². The van der Waals surface area contributed by atoms with E-state index >= 15 is 0 Å². The van der Waals surface area contributed by atoms with E-state index in [0.717, 1.165) is 17.8 Å². The molecule has 0 aliphatic rings. The number of aryl methyl sites for hydroxylation is 2. The van der Waals surface area contributed by atoms with E-state index < -0.39 is 6.10 Å². The van der Waals surface area contributed by atoms with Gasteiger partial charge in [0.2, 0.25) is 0 Å². The largest absolute Gasteiger partial charge is 0.387 e. The third-order valence-electron chi connectivity index (χ3n) is 1.86. The van der Waals surface area contributed by atoms with E-state index in [4.69, 9.17) is 0 Å². The van der Waals surface area contributed by atoms with Crippen molar-refractivity contribution in [3.8, 4) is 0 Å². The van der Waals surface area contributed by atoms with Crippen LogP contribution >= 0.6 is 0 Å². The molecular formula is C8H14N2O. The Labute approximate surface area is 66.7 Å². The van der Waals surface area contributed by atoms with Crippen LogP contribution in [0, 0.1) is 6.92 Å². The highest BCUT2D eigenvalue weighted by Gasteiger charge is 2.08. The van der Waals surface area contributed by atoms with E-state index in [1.807, 2.05) is 27.0 Å². The molecule has 1 heterocycles. The van der Waals surface area contributed by atoms with Crippen LogP contribution in [0.3, 0.4) is 0 Å². The Kier molecular flexibility index (Phi) is 2.29. The van der Waals surface area contributed by atoms with E-state index in [0.29, 0.717) is 0 Å². The predicted octanol–water partition coefficient (Wildman–Crippen LogP) is 1.17. The molecule has 11 heavy (non-hydrogen) atoms. The quantitative estimate of drug-likeness (QED) is 0.694. The fraction of sp³-hybridized carbons (Fsp3) is 0.625. The number of nitrogens with zero attached hydrogens (tertiary/aromatic N) is 2. The average molecular weight is 154 g/mol. The molecule has 0 aromatic carbocycles. The summed E-state index contributed by atoms with van der Waals surface area (Å²) in [5.41, 5.74) is 1.85. The van der Waals surface area contributed by atoms with E-state index in [9.17, 15) is 5.11 Å². The van der Waals surface area contributed by atoms with Crippen LogP contribution in [-0.4, -0.2) is 14.9 Å². The maximum Gasteiger partial charge on any atom is 0.0975 e. The lowest BCUT2D eigenvalue weighted by Crippen LogP contribution is -1.98. The summed E-state index contributed by atoms with van der Waals surface area (Å²) >= 11 is 0. The number of hydrogen-bond acceptors (Lipinski definition) is 2. The zero-order valence-corrected chi connectivity index (χ0v) is 7.20. The van der Waals surface area contributed by atoms with Crippen molar-refractivity contribution >= 4 is 0 Å². The van der Waals surface area contributed by atoms with E-state index in [2.05, 4.69) is 5.10 Å². The van der Waals surface area contributed by atoms with Crippen LogP contribution in [0.15, 0.2) is 6.07 Å². The first-order chi connectivity index (χ1) is 5.15. The van der Waals surface area contributed by atoms with Crippen LogP contribution in [-0.2, 0) is 7.05 Å². The molecule has 1 atom stereocenters. The number of aliphatic hydroxyl groups is 1. The summed E-state index contributed by atoms with van der Waals surface area (Å²) in [6, 6.07) is 1.91. The first kappa shape index (κ1) is 8.27. The monoisotopic (exact) mass is 154 g/mol. The Morgan fingerprint density at radius 3 is 2.73 bits per heavy atom. The molecule has 1 unspecified atom stereocenters. The van der Waals surface area contributed by atoms with E-state index in [1.165, 1.54) is 0 Å². The fourth-order valence-electron chi connectivity index (χ4n) is 0.960. The van der Waals surface area contributed by atoms with Crippen molar-refractivity contribution in [3.05, 3.63) is 17.5 Å². The topological polar surface area (TPSA) is 38.0 Å². The summed E-state index contributed by atoms with van der Waals surface area (Å²) < 4.78 is 1.77. The number of rotatable bonds is 2. The van der Waals surface area contributed by atoms with Gasteiger partial charge in [0.25, 0.3) is 0 Å². The smallest absolute Gasteiger partial charge is 0.0975 e. The van der Waals surface area contributed by atoms with Gasteiger partial charge in [0.1, 0.15) is 0 Å². The van der Waals surface area contributed by atoms with Gasteiger partial charge in [-0.1, -0.05) is 6.92 Å². The molecule has 0 aliphatic carbocycles. The van der Waals surface area contributed by atoms with Crippen molar-refractivity contribution in [3.63, 3.8) is 0 Å². The summed E-state index contributed by atoms with van der Waals surface area (Å²) in [6.45, 7) is 3.91. The Bertz CT molecular complexity index is 223. The summed E-state index contributed by atoms with van der Waals surface area (Å²) in [6.07, 6.45) is 0.311. The molecule has 1 aromatic heterocycles. The molecule has 0 bridgehead atoms. The average Bonchev–Trinajstić information content (AvgIpc) is 2.31. The van der Waals surface area contributed by atoms with Gasteiger partial charge < -0.3 is 5.11 Å². The number of aliphatic hydroxyl groups excluding tert-OH is 1. The lowest BCUT2D eigenvalue weighted by molar-refractivity contribution is 0.168. The summed E-state index contributed by atoms with van der Waals surface area (Å²) in [5.74, 6) is 0. The molecule has 0 radical (unpaired) electrons. The second-order valence-electron chi connectivity index (χ2n) is 2.76. The lowest BCUT2D eigenvalue weighted by Gasteiger charge is -2.00. The molecule has 0 saturated carbocycles. The van der Waals surface area contributed by atoms with Gasteiger partial charge in [-0.3, -0.25) is 4.68 Å². The van der Waals surface area contributed by atoms with Crippen molar-refractivity contribution in [2.45, 2.75) is 26.4 Å². The first-order valence-electron chi connectivity index (χ1n) is 3.83. The second-order valence-corrected chi connectivity index (χ2v) is 2.76. The summed E-state index contributed by atoms with van der Waals surface area (Å²) in [4.78, 5) is 0. The summed E-state index contributed by atoms with van der Waals surface area (Å²) in [5, 5.41) is 13.5. The van der Waals surface area contributed by atoms with Crippen molar-refractivity contribution in [1.29, 1.82) is 0 Å². The van der Waals surface area contributed by atoms with Crippen molar-refractivity contribution in [1.82, 2.24) is 9.78 Å². The number of aromatic nitrogens is 2. The van der Waals surface area contributed by atoms with Gasteiger partial charge in [0.05, 0.1) is 11.8 Å². The minimum Gasteiger partial charge on any atom is -0.387 e. The maximum absolute atomic E-state index is 9.39. The minimum atomic E-state index is -0.408. The SMILES string of the molecule is CCC(O)c1cc(C)n(C)n1. The van der Waals surface area contributed by atoms with Gasteiger partial charge in [-0.15, -0.1) is 0 Å². The van der Waals surface area contributed by atoms with E-state index in [1.54, 1.807) is 4.68 Å². The zero-order chi connectivity index (χ0) is 8.43. The Morgan fingerprint density at radius 1 is 1.73 bits per heavy atom. The van der Waals surface area contributed by atoms with Crippen LogP contribution in [0.2, 0.25) is 0 Å². The highest BCUT2D eigenvalue weighted by atomic mass is 16.3. The maximum atomic E-state index is 9.39. The molecule has 62 valence electrons. The first-order valence-corrected chi connectivity index (χ1v) is 3.83.